The van der Waals surface area contributed by atoms with Gasteiger partial charge in [0, 0.05) is 35.9 Å². The van der Waals surface area contributed by atoms with Crippen molar-refractivity contribution in [3.63, 3.8) is 0 Å². The average Bonchev–Trinajstić information content (AvgIpc) is 3.20. The minimum Gasteiger partial charge on any atom is -0.282 e. The van der Waals surface area contributed by atoms with Crippen molar-refractivity contribution in [2.45, 2.75) is 9.79 Å². The van der Waals surface area contributed by atoms with E-state index in [0.29, 0.717) is 0 Å². The van der Waals surface area contributed by atoms with Gasteiger partial charge in [0.2, 0.25) is 0 Å². The smallest absolute Gasteiger partial charge is 0.282 e. The maximum atomic E-state index is 14.6. The van der Waals surface area contributed by atoms with Crippen LogP contribution in [0.1, 0.15) is 0 Å². The van der Waals surface area contributed by atoms with Crippen LogP contribution in [0.25, 0.3) is 22.5 Å². The second kappa shape index (κ2) is 7.69. The van der Waals surface area contributed by atoms with Crippen LogP contribution in [0.2, 0.25) is 0 Å². The van der Waals surface area contributed by atoms with Crippen molar-refractivity contribution in [1.82, 2.24) is 13.9 Å². The van der Waals surface area contributed by atoms with E-state index in [9.17, 15) is 25.8 Å². The molecule has 0 bridgehead atoms. The zero-order chi connectivity index (χ0) is 22.2. The summed E-state index contributed by atoms with van der Waals surface area (Å²) in [5, 5.41) is 0. The molecule has 3 aromatic heterocycles. The van der Waals surface area contributed by atoms with Crippen LogP contribution in [0.15, 0.2) is 89.2 Å². The van der Waals surface area contributed by atoms with Gasteiger partial charge in [0.1, 0.15) is 15.6 Å². The van der Waals surface area contributed by atoms with E-state index in [2.05, 4.69) is 9.97 Å². The van der Waals surface area contributed by atoms with Crippen LogP contribution in [0, 0.1) is 5.82 Å². The minimum absolute atomic E-state index is 0.0226. The molecule has 1 aromatic carbocycles. The molecule has 0 amide bonds. The molecule has 0 unspecified atom stereocenters. The first kappa shape index (κ1) is 20.8. The van der Waals surface area contributed by atoms with E-state index in [-0.39, 0.29) is 27.4 Å². The highest BCUT2D eigenvalue weighted by Crippen LogP contribution is 2.34. The number of rotatable bonds is 5. The fourth-order valence-electron chi connectivity index (χ4n) is 3.07. The molecular formula is C20H14FN3O5S2. The van der Waals surface area contributed by atoms with E-state index >= 15 is 0 Å². The predicted molar refractivity (Wildman–Crippen MR) is 110 cm³/mol. The Morgan fingerprint density at radius 2 is 1.68 bits per heavy atom. The third-order valence-electron chi connectivity index (χ3n) is 4.45. The normalized spacial score (nSPS) is 12.1. The molecule has 4 rings (SSSR count). The summed E-state index contributed by atoms with van der Waals surface area (Å²) in [6.07, 6.45) is 4.97. The van der Waals surface area contributed by atoms with Gasteiger partial charge in [-0.15, -0.1) is 0 Å². The van der Waals surface area contributed by atoms with E-state index in [0.717, 1.165) is 22.4 Å². The van der Waals surface area contributed by atoms with Crippen molar-refractivity contribution >= 4 is 20.1 Å². The van der Waals surface area contributed by atoms with Gasteiger partial charge in [-0.1, -0.05) is 12.1 Å². The summed E-state index contributed by atoms with van der Waals surface area (Å²) in [5.41, 5.74) is -0.198. The fourth-order valence-corrected chi connectivity index (χ4v) is 5.07. The molecule has 4 aromatic rings. The summed E-state index contributed by atoms with van der Waals surface area (Å²) in [6, 6.07) is 12.1. The molecule has 31 heavy (non-hydrogen) atoms. The van der Waals surface area contributed by atoms with Crippen LogP contribution in [-0.4, -0.2) is 35.3 Å². The molecule has 0 aliphatic carbocycles. The van der Waals surface area contributed by atoms with Gasteiger partial charge in [-0.2, -0.15) is 8.42 Å². The summed E-state index contributed by atoms with van der Waals surface area (Å²) < 4.78 is 75.1. The number of benzene rings is 1. The van der Waals surface area contributed by atoms with Crippen LogP contribution in [0.4, 0.5) is 4.39 Å². The maximum absolute atomic E-state index is 14.6. The van der Waals surface area contributed by atoms with Crippen LogP contribution < -0.4 is 0 Å². The van der Waals surface area contributed by atoms with E-state index in [1.54, 1.807) is 0 Å². The van der Waals surface area contributed by atoms with Crippen LogP contribution >= 0.6 is 0 Å². The molecule has 0 atom stereocenters. The first-order valence-electron chi connectivity index (χ1n) is 8.75. The van der Waals surface area contributed by atoms with E-state index in [1.165, 1.54) is 60.9 Å². The first-order chi connectivity index (χ1) is 14.7. The van der Waals surface area contributed by atoms with E-state index in [1.807, 2.05) is 0 Å². The van der Waals surface area contributed by atoms with Gasteiger partial charge in [-0.25, -0.2) is 16.8 Å². The highest BCUT2D eigenvalue weighted by atomic mass is 32.2. The molecule has 8 nitrogen and oxygen atoms in total. The number of hydrogen-bond acceptors (Lipinski definition) is 6. The van der Waals surface area contributed by atoms with Gasteiger partial charge in [0.15, 0.2) is 0 Å². The number of hydrogen-bond donors (Lipinski definition) is 1. The van der Waals surface area contributed by atoms with Gasteiger partial charge >= 0.3 is 0 Å². The fraction of sp³-hybridized carbons (Fsp3) is 0. The Bertz CT molecular complexity index is 1480. The summed E-state index contributed by atoms with van der Waals surface area (Å²) in [7, 11) is -8.87. The number of nitrogens with zero attached hydrogens (tertiary/aromatic N) is 3. The van der Waals surface area contributed by atoms with E-state index in [4.69, 9.17) is 0 Å². The van der Waals surface area contributed by atoms with Crippen LogP contribution in [0.3, 0.4) is 0 Å². The van der Waals surface area contributed by atoms with Crippen molar-refractivity contribution < 1.29 is 25.8 Å². The molecule has 11 heteroatoms. The SMILES string of the molecule is O=S(=O)(O)c1cccnc1-c1cc(-c2ccccc2F)n(S(=O)(=O)c2cccnc2)c1. The Labute approximate surface area is 177 Å². The monoisotopic (exact) mass is 459 g/mol. The lowest BCUT2D eigenvalue weighted by molar-refractivity contribution is 0.483. The van der Waals surface area contributed by atoms with Crippen LogP contribution in [0.5, 0.6) is 0 Å². The summed E-state index contributed by atoms with van der Waals surface area (Å²) >= 11 is 0. The zero-order valence-corrected chi connectivity index (χ0v) is 17.3. The first-order valence-corrected chi connectivity index (χ1v) is 11.6. The third-order valence-corrected chi connectivity index (χ3v) is 6.99. The highest BCUT2D eigenvalue weighted by Gasteiger charge is 2.26. The summed E-state index contributed by atoms with van der Waals surface area (Å²) in [5.74, 6) is -0.675. The molecule has 0 radical (unpaired) electrons. The lowest BCUT2D eigenvalue weighted by Crippen LogP contribution is -2.13. The van der Waals surface area contributed by atoms with E-state index < -0.39 is 30.9 Å². The Morgan fingerprint density at radius 1 is 0.935 bits per heavy atom. The van der Waals surface area contributed by atoms with Crippen molar-refractivity contribution in [1.29, 1.82) is 0 Å². The molecule has 1 N–H and O–H groups in total. The molecule has 0 saturated heterocycles. The average molecular weight is 459 g/mol. The molecule has 3 heterocycles. The summed E-state index contributed by atoms with van der Waals surface area (Å²) in [4.78, 5) is 7.15. The van der Waals surface area contributed by atoms with Crippen molar-refractivity contribution in [2.24, 2.45) is 0 Å². The van der Waals surface area contributed by atoms with Crippen molar-refractivity contribution in [3.8, 4) is 22.5 Å². The molecule has 0 saturated carbocycles. The molecular weight excluding hydrogens is 445 g/mol. The number of pyridine rings is 2. The largest absolute Gasteiger partial charge is 0.296 e. The Hall–Kier alpha value is -3.41. The highest BCUT2D eigenvalue weighted by molar-refractivity contribution is 7.90. The Balaban J connectivity index is 2.03. The lowest BCUT2D eigenvalue weighted by Gasteiger charge is -2.10. The zero-order valence-electron chi connectivity index (χ0n) is 15.6. The Morgan fingerprint density at radius 3 is 2.35 bits per heavy atom. The topological polar surface area (TPSA) is 119 Å². The number of halogens is 1. The van der Waals surface area contributed by atoms with Crippen LogP contribution in [-0.2, 0) is 20.1 Å². The molecule has 158 valence electrons. The molecule has 0 aliphatic heterocycles. The molecule has 0 fully saturated rings. The van der Waals surface area contributed by atoms with Gasteiger partial charge in [-0.3, -0.25) is 14.5 Å². The van der Waals surface area contributed by atoms with Gasteiger partial charge in [0.25, 0.3) is 20.1 Å². The van der Waals surface area contributed by atoms with Crippen molar-refractivity contribution in [3.05, 3.63) is 85.2 Å². The third kappa shape index (κ3) is 3.85. The maximum Gasteiger partial charge on any atom is 0.296 e. The second-order valence-corrected chi connectivity index (χ2v) is 9.61. The number of aromatic nitrogens is 3. The predicted octanol–water partition coefficient (Wildman–Crippen LogP) is 3.23. The quantitative estimate of drug-likeness (QED) is 0.455. The standard InChI is InChI=1S/C20H14FN3O5S2/c21-17-7-2-1-6-16(17)18-11-14(20-19(31(27,28)29)8-4-10-23-20)13-24(18)30(25,26)15-5-3-9-22-12-15/h1-13H,(H,27,28,29). The summed E-state index contributed by atoms with van der Waals surface area (Å²) in [6.45, 7) is 0. The second-order valence-electron chi connectivity index (χ2n) is 6.41. The minimum atomic E-state index is -4.65. The van der Waals surface area contributed by atoms with Gasteiger partial charge in [0.05, 0.1) is 11.4 Å². The van der Waals surface area contributed by atoms with Crippen molar-refractivity contribution in [2.75, 3.05) is 0 Å². The van der Waals surface area contributed by atoms with Gasteiger partial charge in [-0.05, 0) is 42.5 Å². The lowest BCUT2D eigenvalue weighted by atomic mass is 10.1. The Kier molecular flexibility index (Phi) is 5.17. The van der Waals surface area contributed by atoms with Gasteiger partial charge < -0.3 is 0 Å². The molecule has 0 aliphatic rings. The molecule has 0 spiro atoms.